The van der Waals surface area contributed by atoms with Gasteiger partial charge in [0, 0.05) is 6.20 Å². The van der Waals surface area contributed by atoms with Crippen LogP contribution in [0.4, 0.5) is 8.78 Å². The SMILES string of the molecule is Cc1cccnc1C(=O)c1cccc(F)c1F. The van der Waals surface area contributed by atoms with Gasteiger partial charge in [-0.1, -0.05) is 12.1 Å². The van der Waals surface area contributed by atoms with Crippen molar-refractivity contribution in [3.8, 4) is 0 Å². The molecule has 0 N–H and O–H groups in total. The van der Waals surface area contributed by atoms with Gasteiger partial charge in [-0.05, 0) is 30.7 Å². The van der Waals surface area contributed by atoms with Crippen molar-refractivity contribution in [3.63, 3.8) is 0 Å². The van der Waals surface area contributed by atoms with Crippen LogP contribution in [0.3, 0.4) is 0 Å². The fourth-order valence-corrected chi connectivity index (χ4v) is 1.53. The summed E-state index contributed by atoms with van der Waals surface area (Å²) in [4.78, 5) is 15.9. The average Bonchev–Trinajstić information content (AvgIpc) is 2.32. The van der Waals surface area contributed by atoms with E-state index in [2.05, 4.69) is 4.98 Å². The number of carbonyl (C=O) groups is 1. The number of pyridine rings is 1. The smallest absolute Gasteiger partial charge is 0.214 e. The summed E-state index contributed by atoms with van der Waals surface area (Å²) in [5.41, 5.74) is 0.463. The van der Waals surface area contributed by atoms with Crippen molar-refractivity contribution < 1.29 is 13.6 Å². The summed E-state index contributed by atoms with van der Waals surface area (Å²) in [7, 11) is 0. The van der Waals surface area contributed by atoms with Crippen LogP contribution in [0.25, 0.3) is 0 Å². The van der Waals surface area contributed by atoms with Gasteiger partial charge >= 0.3 is 0 Å². The molecule has 0 amide bonds. The van der Waals surface area contributed by atoms with Crippen LogP contribution in [0.15, 0.2) is 36.5 Å². The number of halogens is 2. The largest absolute Gasteiger partial charge is 0.287 e. The van der Waals surface area contributed by atoms with Crippen LogP contribution >= 0.6 is 0 Å². The van der Waals surface area contributed by atoms with E-state index in [0.29, 0.717) is 5.56 Å². The van der Waals surface area contributed by atoms with E-state index in [1.54, 1.807) is 19.1 Å². The number of nitrogens with zero attached hydrogens (tertiary/aromatic N) is 1. The van der Waals surface area contributed by atoms with E-state index in [9.17, 15) is 13.6 Å². The highest BCUT2D eigenvalue weighted by molar-refractivity contribution is 6.08. The summed E-state index contributed by atoms with van der Waals surface area (Å²) >= 11 is 0. The van der Waals surface area contributed by atoms with Crippen LogP contribution in [-0.4, -0.2) is 10.8 Å². The molecule has 0 aliphatic rings. The summed E-state index contributed by atoms with van der Waals surface area (Å²) in [6, 6.07) is 6.88. The molecule has 1 heterocycles. The number of aromatic nitrogens is 1. The monoisotopic (exact) mass is 233 g/mol. The lowest BCUT2D eigenvalue weighted by Gasteiger charge is -2.04. The van der Waals surface area contributed by atoms with Gasteiger partial charge in [-0.3, -0.25) is 9.78 Å². The molecule has 0 spiro atoms. The van der Waals surface area contributed by atoms with Crippen molar-refractivity contribution in [2.75, 3.05) is 0 Å². The van der Waals surface area contributed by atoms with Crippen molar-refractivity contribution in [2.45, 2.75) is 6.92 Å². The van der Waals surface area contributed by atoms with Gasteiger partial charge in [0.2, 0.25) is 5.78 Å². The molecule has 0 saturated heterocycles. The van der Waals surface area contributed by atoms with Crippen molar-refractivity contribution >= 4 is 5.78 Å². The molecule has 0 unspecified atom stereocenters. The second kappa shape index (κ2) is 4.41. The summed E-state index contributed by atoms with van der Waals surface area (Å²) in [5.74, 6) is -2.79. The quantitative estimate of drug-likeness (QED) is 0.746. The van der Waals surface area contributed by atoms with Crippen LogP contribution in [0.5, 0.6) is 0 Å². The van der Waals surface area contributed by atoms with E-state index in [-0.39, 0.29) is 11.3 Å². The van der Waals surface area contributed by atoms with Crippen LogP contribution in [0.2, 0.25) is 0 Å². The maximum atomic E-state index is 13.4. The molecule has 86 valence electrons. The molecule has 17 heavy (non-hydrogen) atoms. The maximum absolute atomic E-state index is 13.4. The molecule has 2 nitrogen and oxygen atoms in total. The Morgan fingerprint density at radius 3 is 2.65 bits per heavy atom. The first kappa shape index (κ1) is 11.4. The van der Waals surface area contributed by atoms with Gasteiger partial charge in [-0.2, -0.15) is 0 Å². The molecule has 0 atom stereocenters. The Balaban J connectivity index is 2.52. The third kappa shape index (κ3) is 2.06. The van der Waals surface area contributed by atoms with Crippen molar-refractivity contribution in [1.82, 2.24) is 4.98 Å². The summed E-state index contributed by atoms with van der Waals surface area (Å²) in [6.45, 7) is 1.69. The third-order valence-corrected chi connectivity index (χ3v) is 2.42. The molecule has 2 aromatic rings. The summed E-state index contributed by atoms with van der Waals surface area (Å²) < 4.78 is 26.5. The topological polar surface area (TPSA) is 30.0 Å². The zero-order chi connectivity index (χ0) is 12.4. The zero-order valence-corrected chi connectivity index (χ0v) is 9.08. The van der Waals surface area contributed by atoms with E-state index in [1.807, 2.05) is 0 Å². The van der Waals surface area contributed by atoms with Gasteiger partial charge in [0.15, 0.2) is 11.6 Å². The highest BCUT2D eigenvalue weighted by Crippen LogP contribution is 2.16. The molecule has 0 aliphatic heterocycles. The number of carbonyl (C=O) groups excluding carboxylic acids is 1. The Morgan fingerprint density at radius 1 is 1.18 bits per heavy atom. The second-order valence-corrected chi connectivity index (χ2v) is 3.60. The van der Waals surface area contributed by atoms with Crippen LogP contribution in [0.1, 0.15) is 21.6 Å². The molecule has 1 aromatic carbocycles. The normalized spacial score (nSPS) is 10.3. The van der Waals surface area contributed by atoms with E-state index < -0.39 is 17.4 Å². The molecule has 4 heteroatoms. The molecule has 0 radical (unpaired) electrons. The lowest BCUT2D eigenvalue weighted by molar-refractivity contribution is 0.102. The molecule has 0 bridgehead atoms. The van der Waals surface area contributed by atoms with Crippen molar-refractivity contribution in [1.29, 1.82) is 0 Å². The van der Waals surface area contributed by atoms with E-state index >= 15 is 0 Å². The van der Waals surface area contributed by atoms with Crippen molar-refractivity contribution in [3.05, 3.63) is 65.0 Å². The standard InChI is InChI=1S/C13H9F2NO/c1-8-4-3-7-16-12(8)13(17)9-5-2-6-10(14)11(9)15/h2-7H,1H3. The van der Waals surface area contributed by atoms with Gasteiger partial charge in [0.25, 0.3) is 0 Å². The number of rotatable bonds is 2. The van der Waals surface area contributed by atoms with Crippen LogP contribution in [0, 0.1) is 18.6 Å². The number of aryl methyl sites for hydroxylation is 1. The Kier molecular flexibility index (Phi) is 2.95. The lowest BCUT2D eigenvalue weighted by Crippen LogP contribution is -2.09. The number of ketones is 1. The number of benzene rings is 1. The maximum Gasteiger partial charge on any atom is 0.214 e. The third-order valence-electron chi connectivity index (χ3n) is 2.42. The van der Waals surface area contributed by atoms with Gasteiger partial charge in [0.1, 0.15) is 5.69 Å². The Morgan fingerprint density at radius 2 is 1.94 bits per heavy atom. The highest BCUT2D eigenvalue weighted by Gasteiger charge is 2.18. The minimum atomic E-state index is -1.14. The van der Waals surface area contributed by atoms with Gasteiger partial charge in [-0.25, -0.2) is 8.78 Å². The first-order chi connectivity index (χ1) is 8.11. The molecule has 0 fully saturated rings. The zero-order valence-electron chi connectivity index (χ0n) is 9.08. The number of hydrogen-bond donors (Lipinski definition) is 0. The highest BCUT2D eigenvalue weighted by atomic mass is 19.2. The predicted molar refractivity (Wildman–Crippen MR) is 58.8 cm³/mol. The average molecular weight is 233 g/mol. The fraction of sp³-hybridized carbons (Fsp3) is 0.0769. The first-order valence-corrected chi connectivity index (χ1v) is 5.01. The summed E-state index contributed by atoms with van der Waals surface area (Å²) in [6.07, 6.45) is 1.44. The second-order valence-electron chi connectivity index (χ2n) is 3.60. The van der Waals surface area contributed by atoms with Gasteiger partial charge in [-0.15, -0.1) is 0 Å². The Bertz CT molecular complexity index is 581. The van der Waals surface area contributed by atoms with E-state index in [4.69, 9.17) is 0 Å². The molecule has 1 aromatic heterocycles. The Hall–Kier alpha value is -2.10. The molecule has 2 rings (SSSR count). The van der Waals surface area contributed by atoms with E-state index in [0.717, 1.165) is 6.07 Å². The first-order valence-electron chi connectivity index (χ1n) is 5.01. The Labute approximate surface area is 96.9 Å². The van der Waals surface area contributed by atoms with Gasteiger partial charge < -0.3 is 0 Å². The van der Waals surface area contributed by atoms with E-state index in [1.165, 1.54) is 18.3 Å². The van der Waals surface area contributed by atoms with Crippen molar-refractivity contribution in [2.24, 2.45) is 0 Å². The van der Waals surface area contributed by atoms with Gasteiger partial charge in [0.05, 0.1) is 5.56 Å². The number of hydrogen-bond acceptors (Lipinski definition) is 2. The lowest BCUT2D eigenvalue weighted by atomic mass is 10.0. The predicted octanol–water partition coefficient (Wildman–Crippen LogP) is 2.90. The minimum absolute atomic E-state index is 0.136. The van der Waals surface area contributed by atoms with Crippen LogP contribution in [-0.2, 0) is 0 Å². The van der Waals surface area contributed by atoms with Crippen LogP contribution < -0.4 is 0 Å². The molecule has 0 saturated carbocycles. The minimum Gasteiger partial charge on any atom is -0.287 e. The fourth-order valence-electron chi connectivity index (χ4n) is 1.53. The molecule has 0 aliphatic carbocycles. The molecular weight excluding hydrogens is 224 g/mol. The summed E-state index contributed by atoms with van der Waals surface area (Å²) in [5, 5.41) is 0. The molecular formula is C13H9F2NO.